The first-order valence-corrected chi connectivity index (χ1v) is 5.84. The summed E-state index contributed by atoms with van der Waals surface area (Å²) < 4.78 is 5.26. The van der Waals surface area contributed by atoms with Gasteiger partial charge in [0.05, 0.1) is 12.0 Å². The van der Waals surface area contributed by atoms with Crippen LogP contribution in [0.15, 0.2) is 0 Å². The van der Waals surface area contributed by atoms with Crippen LogP contribution in [0.1, 0.15) is 47.5 Å². The number of ether oxygens (including phenoxy) is 1. The highest BCUT2D eigenvalue weighted by atomic mass is 16.5. The molecular formula is C12H25NO2. The van der Waals surface area contributed by atoms with E-state index in [1.54, 1.807) is 0 Å². The van der Waals surface area contributed by atoms with E-state index in [0.717, 1.165) is 12.8 Å². The number of nitrogens with two attached hydrogens (primary N) is 1. The third kappa shape index (κ3) is 5.78. The van der Waals surface area contributed by atoms with Crippen LogP contribution in [0.25, 0.3) is 0 Å². The average molecular weight is 215 g/mol. The molecule has 0 aliphatic heterocycles. The Morgan fingerprint density at radius 2 is 1.80 bits per heavy atom. The monoisotopic (exact) mass is 215 g/mol. The summed E-state index contributed by atoms with van der Waals surface area (Å²) >= 11 is 0. The number of carbonyl (C=O) groups excluding carboxylic acids is 1. The Bertz CT molecular complexity index is 192. The molecule has 3 heteroatoms. The minimum atomic E-state index is -0.100. The highest BCUT2D eigenvalue weighted by Crippen LogP contribution is 2.16. The maximum Gasteiger partial charge on any atom is 0.308 e. The van der Waals surface area contributed by atoms with Crippen LogP contribution in [0.2, 0.25) is 0 Å². The van der Waals surface area contributed by atoms with Crippen LogP contribution < -0.4 is 5.73 Å². The lowest BCUT2D eigenvalue weighted by Gasteiger charge is -2.20. The topological polar surface area (TPSA) is 52.3 Å². The SMILES string of the molecule is CCC(C)OC(=O)C(C)CC(C)C(C)N. The van der Waals surface area contributed by atoms with Crippen LogP contribution >= 0.6 is 0 Å². The Kier molecular flexibility index (Phi) is 6.57. The second-order valence-electron chi connectivity index (χ2n) is 4.63. The molecule has 90 valence electrons. The fourth-order valence-corrected chi connectivity index (χ4v) is 1.27. The Morgan fingerprint density at radius 3 is 2.20 bits per heavy atom. The van der Waals surface area contributed by atoms with Crippen LogP contribution in [0.4, 0.5) is 0 Å². The summed E-state index contributed by atoms with van der Waals surface area (Å²) in [5, 5.41) is 0. The average Bonchev–Trinajstić information content (AvgIpc) is 2.16. The van der Waals surface area contributed by atoms with Crippen molar-refractivity contribution >= 4 is 5.97 Å². The van der Waals surface area contributed by atoms with E-state index in [1.807, 2.05) is 27.7 Å². The lowest BCUT2D eigenvalue weighted by Crippen LogP contribution is -2.29. The van der Waals surface area contributed by atoms with Gasteiger partial charge in [-0.1, -0.05) is 20.8 Å². The normalized spacial score (nSPS) is 19.1. The smallest absolute Gasteiger partial charge is 0.308 e. The lowest BCUT2D eigenvalue weighted by molar-refractivity contribution is -0.153. The molecule has 0 heterocycles. The fourth-order valence-electron chi connectivity index (χ4n) is 1.27. The second-order valence-corrected chi connectivity index (χ2v) is 4.63. The summed E-state index contributed by atoms with van der Waals surface area (Å²) in [6.45, 7) is 9.87. The van der Waals surface area contributed by atoms with E-state index >= 15 is 0 Å². The van der Waals surface area contributed by atoms with Gasteiger partial charge in [-0.25, -0.2) is 0 Å². The minimum absolute atomic E-state index is 0.0190. The molecule has 0 aliphatic carbocycles. The summed E-state index contributed by atoms with van der Waals surface area (Å²) in [5.41, 5.74) is 5.76. The van der Waals surface area contributed by atoms with Gasteiger partial charge >= 0.3 is 5.97 Å². The largest absolute Gasteiger partial charge is 0.462 e. The number of rotatable bonds is 6. The predicted octanol–water partition coefficient (Wildman–Crippen LogP) is 2.34. The fraction of sp³-hybridized carbons (Fsp3) is 0.917. The molecule has 0 aromatic heterocycles. The summed E-state index contributed by atoms with van der Waals surface area (Å²) in [6, 6.07) is 0.129. The molecule has 0 radical (unpaired) electrons. The van der Waals surface area contributed by atoms with E-state index in [1.165, 1.54) is 0 Å². The zero-order valence-electron chi connectivity index (χ0n) is 10.6. The van der Waals surface area contributed by atoms with Crippen molar-refractivity contribution in [3.05, 3.63) is 0 Å². The van der Waals surface area contributed by atoms with Crippen LogP contribution in [0, 0.1) is 11.8 Å². The third-order valence-corrected chi connectivity index (χ3v) is 2.92. The third-order valence-electron chi connectivity index (χ3n) is 2.92. The van der Waals surface area contributed by atoms with Crippen molar-refractivity contribution in [2.45, 2.75) is 59.6 Å². The van der Waals surface area contributed by atoms with Crippen molar-refractivity contribution in [2.24, 2.45) is 17.6 Å². The molecule has 0 saturated carbocycles. The number of hydrogen-bond donors (Lipinski definition) is 1. The Hall–Kier alpha value is -0.570. The van der Waals surface area contributed by atoms with Gasteiger partial charge in [-0.2, -0.15) is 0 Å². The highest BCUT2D eigenvalue weighted by molar-refractivity contribution is 5.72. The summed E-state index contributed by atoms with van der Waals surface area (Å²) in [6.07, 6.45) is 1.68. The van der Waals surface area contributed by atoms with Crippen LogP contribution in [-0.4, -0.2) is 18.1 Å². The van der Waals surface area contributed by atoms with Gasteiger partial charge in [-0.15, -0.1) is 0 Å². The van der Waals surface area contributed by atoms with Gasteiger partial charge in [0.1, 0.15) is 0 Å². The predicted molar refractivity (Wildman–Crippen MR) is 62.4 cm³/mol. The van der Waals surface area contributed by atoms with E-state index in [4.69, 9.17) is 10.5 Å². The maximum atomic E-state index is 11.6. The Morgan fingerprint density at radius 1 is 1.27 bits per heavy atom. The van der Waals surface area contributed by atoms with Gasteiger partial charge in [0.15, 0.2) is 0 Å². The molecule has 0 rings (SSSR count). The Labute approximate surface area is 93.4 Å². The molecule has 0 bridgehead atoms. The number of hydrogen-bond acceptors (Lipinski definition) is 3. The number of carbonyl (C=O) groups is 1. The van der Waals surface area contributed by atoms with Gasteiger partial charge < -0.3 is 10.5 Å². The van der Waals surface area contributed by atoms with Gasteiger partial charge in [-0.3, -0.25) is 4.79 Å². The van der Waals surface area contributed by atoms with E-state index in [2.05, 4.69) is 6.92 Å². The first-order valence-electron chi connectivity index (χ1n) is 5.84. The van der Waals surface area contributed by atoms with Crippen LogP contribution in [0.5, 0.6) is 0 Å². The lowest BCUT2D eigenvalue weighted by atomic mass is 9.92. The molecule has 0 amide bonds. The molecular weight excluding hydrogens is 190 g/mol. The van der Waals surface area contributed by atoms with Gasteiger partial charge in [0, 0.05) is 6.04 Å². The minimum Gasteiger partial charge on any atom is -0.462 e. The second kappa shape index (κ2) is 6.83. The molecule has 0 spiro atoms. The van der Waals surface area contributed by atoms with Crippen molar-refractivity contribution in [1.29, 1.82) is 0 Å². The Balaban J connectivity index is 3.99. The van der Waals surface area contributed by atoms with E-state index in [0.29, 0.717) is 5.92 Å². The first kappa shape index (κ1) is 14.4. The number of esters is 1. The van der Waals surface area contributed by atoms with E-state index in [-0.39, 0.29) is 24.0 Å². The zero-order valence-corrected chi connectivity index (χ0v) is 10.6. The van der Waals surface area contributed by atoms with Crippen LogP contribution in [0.3, 0.4) is 0 Å². The molecule has 0 fully saturated rings. The summed E-state index contributed by atoms with van der Waals surface area (Å²) in [5.74, 6) is 0.196. The highest BCUT2D eigenvalue weighted by Gasteiger charge is 2.20. The summed E-state index contributed by atoms with van der Waals surface area (Å²) in [7, 11) is 0. The molecule has 0 aromatic rings. The van der Waals surface area contributed by atoms with E-state index in [9.17, 15) is 4.79 Å². The van der Waals surface area contributed by atoms with E-state index < -0.39 is 0 Å². The molecule has 0 saturated heterocycles. The van der Waals surface area contributed by atoms with Crippen LogP contribution in [-0.2, 0) is 9.53 Å². The van der Waals surface area contributed by atoms with Crippen molar-refractivity contribution in [2.75, 3.05) is 0 Å². The molecule has 2 N–H and O–H groups in total. The van der Waals surface area contributed by atoms with Crippen molar-refractivity contribution in [3.63, 3.8) is 0 Å². The standard InChI is InChI=1S/C12H25NO2/c1-6-10(4)15-12(14)9(3)7-8(2)11(5)13/h8-11H,6-7,13H2,1-5H3. The molecule has 4 atom stereocenters. The molecule has 4 unspecified atom stereocenters. The van der Waals surface area contributed by atoms with Crippen molar-refractivity contribution in [3.8, 4) is 0 Å². The van der Waals surface area contributed by atoms with Gasteiger partial charge in [-0.05, 0) is 32.6 Å². The van der Waals surface area contributed by atoms with Gasteiger partial charge in [0.25, 0.3) is 0 Å². The van der Waals surface area contributed by atoms with Crippen molar-refractivity contribution < 1.29 is 9.53 Å². The summed E-state index contributed by atoms with van der Waals surface area (Å²) in [4.78, 5) is 11.6. The van der Waals surface area contributed by atoms with Gasteiger partial charge in [0.2, 0.25) is 0 Å². The van der Waals surface area contributed by atoms with Crippen molar-refractivity contribution in [1.82, 2.24) is 0 Å². The first-order chi connectivity index (χ1) is 6.88. The quantitative estimate of drug-likeness (QED) is 0.692. The molecule has 15 heavy (non-hydrogen) atoms. The maximum absolute atomic E-state index is 11.6. The molecule has 0 aliphatic rings. The zero-order chi connectivity index (χ0) is 12.0. The molecule has 3 nitrogen and oxygen atoms in total. The molecule has 0 aromatic carbocycles.